The molecule has 0 aliphatic carbocycles. The van der Waals surface area contributed by atoms with E-state index in [0.717, 1.165) is 0 Å². The number of hydrogen-bond donors (Lipinski definition) is 2. The largest absolute Gasteiger partial charge is 0.355 e. The summed E-state index contributed by atoms with van der Waals surface area (Å²) in [6, 6.07) is 5.34. The second-order valence-electron chi connectivity index (χ2n) is 4.96. The van der Waals surface area contributed by atoms with E-state index in [-0.39, 0.29) is 22.5 Å². The molecule has 0 fully saturated rings. The average molecular weight is 304 g/mol. The molecule has 0 saturated carbocycles. The number of pyridine rings is 1. The SMILES string of the molecule is CC(C)CNC(=O)[C@@H](C)Sc1[nH+]c(N)c(C#N)cc1C#N. The van der Waals surface area contributed by atoms with Gasteiger partial charge in [0.1, 0.15) is 23.3 Å². The van der Waals surface area contributed by atoms with E-state index in [2.05, 4.69) is 10.3 Å². The first-order valence-corrected chi connectivity index (χ1v) is 7.37. The number of thioether (sulfide) groups is 1. The van der Waals surface area contributed by atoms with Crippen molar-refractivity contribution >= 4 is 23.5 Å². The van der Waals surface area contributed by atoms with Crippen LogP contribution in [0.1, 0.15) is 31.9 Å². The third-order valence-corrected chi connectivity index (χ3v) is 3.79. The Balaban J connectivity index is 2.88. The molecule has 1 rings (SSSR count). The minimum atomic E-state index is -0.376. The fourth-order valence-corrected chi connectivity index (χ4v) is 2.44. The smallest absolute Gasteiger partial charge is 0.289 e. The molecule has 0 aliphatic heterocycles. The number of aromatic amines is 1. The number of carbonyl (C=O) groups excluding carboxylic acids is 1. The number of carbonyl (C=O) groups is 1. The summed E-state index contributed by atoms with van der Waals surface area (Å²) < 4.78 is 0. The Morgan fingerprint density at radius 1 is 1.38 bits per heavy atom. The quantitative estimate of drug-likeness (QED) is 0.789. The monoisotopic (exact) mass is 304 g/mol. The van der Waals surface area contributed by atoms with Crippen LogP contribution >= 0.6 is 11.8 Å². The van der Waals surface area contributed by atoms with Crippen LogP contribution in [0.25, 0.3) is 0 Å². The van der Waals surface area contributed by atoms with Gasteiger partial charge in [-0.3, -0.25) is 10.5 Å². The average Bonchev–Trinajstić information content (AvgIpc) is 2.44. The molecule has 0 aromatic carbocycles. The summed E-state index contributed by atoms with van der Waals surface area (Å²) in [5.41, 5.74) is 6.22. The summed E-state index contributed by atoms with van der Waals surface area (Å²) in [7, 11) is 0. The number of nitriles is 2. The molecule has 1 amide bonds. The maximum absolute atomic E-state index is 11.9. The number of aromatic nitrogens is 1. The molecule has 0 aliphatic rings. The number of nitrogens with one attached hydrogen (secondary N) is 2. The molecule has 7 heteroatoms. The molecule has 0 spiro atoms. The van der Waals surface area contributed by atoms with Crippen molar-refractivity contribution in [2.75, 3.05) is 12.3 Å². The van der Waals surface area contributed by atoms with Crippen LogP contribution in [0.5, 0.6) is 0 Å². The van der Waals surface area contributed by atoms with Crippen LogP contribution in [0.4, 0.5) is 5.82 Å². The van der Waals surface area contributed by atoms with E-state index in [1.165, 1.54) is 17.8 Å². The lowest BCUT2D eigenvalue weighted by atomic mass is 10.2. The molecule has 0 radical (unpaired) electrons. The number of nitrogen functional groups attached to an aromatic ring is 1. The van der Waals surface area contributed by atoms with Crippen LogP contribution in [0.2, 0.25) is 0 Å². The van der Waals surface area contributed by atoms with Gasteiger partial charge in [0.25, 0.3) is 5.82 Å². The van der Waals surface area contributed by atoms with Gasteiger partial charge in [-0.05, 0) is 18.9 Å². The Bertz CT molecular complexity index is 615. The first-order chi connectivity index (χ1) is 9.88. The van der Waals surface area contributed by atoms with Crippen molar-refractivity contribution in [2.45, 2.75) is 31.0 Å². The number of hydrogen-bond acceptors (Lipinski definition) is 5. The van der Waals surface area contributed by atoms with Gasteiger partial charge in [-0.2, -0.15) is 10.5 Å². The fourth-order valence-electron chi connectivity index (χ4n) is 1.49. The van der Waals surface area contributed by atoms with E-state index in [1.54, 1.807) is 6.92 Å². The predicted molar refractivity (Wildman–Crippen MR) is 80.0 cm³/mol. The first-order valence-electron chi connectivity index (χ1n) is 6.49. The first kappa shape index (κ1) is 16.8. The van der Waals surface area contributed by atoms with Crippen LogP contribution in [0, 0.1) is 28.6 Å². The molecule has 0 bridgehead atoms. The van der Waals surface area contributed by atoms with E-state index in [0.29, 0.717) is 23.1 Å². The van der Waals surface area contributed by atoms with Gasteiger partial charge in [-0.15, -0.1) is 0 Å². The molecular weight excluding hydrogens is 286 g/mol. The van der Waals surface area contributed by atoms with Gasteiger partial charge < -0.3 is 5.32 Å². The van der Waals surface area contributed by atoms with Gasteiger partial charge in [-0.1, -0.05) is 25.6 Å². The molecule has 110 valence electrons. The lowest BCUT2D eigenvalue weighted by Crippen LogP contribution is -2.34. The van der Waals surface area contributed by atoms with Crippen molar-refractivity contribution < 1.29 is 9.78 Å². The summed E-state index contributed by atoms with van der Waals surface area (Å²) >= 11 is 1.21. The number of rotatable bonds is 5. The molecule has 6 nitrogen and oxygen atoms in total. The Morgan fingerprint density at radius 2 is 2.00 bits per heavy atom. The summed E-state index contributed by atoms with van der Waals surface area (Å²) in [5, 5.41) is 21.0. The van der Waals surface area contributed by atoms with E-state index < -0.39 is 0 Å². The highest BCUT2D eigenvalue weighted by molar-refractivity contribution is 8.00. The second-order valence-corrected chi connectivity index (χ2v) is 6.31. The van der Waals surface area contributed by atoms with Crippen molar-refractivity contribution in [3.63, 3.8) is 0 Å². The highest BCUT2D eigenvalue weighted by Crippen LogP contribution is 2.24. The Kier molecular flexibility index (Phi) is 6.01. The molecule has 4 N–H and O–H groups in total. The lowest BCUT2D eigenvalue weighted by molar-refractivity contribution is -0.410. The molecular formula is C14H18N5OS+. The van der Waals surface area contributed by atoms with Gasteiger partial charge in [0, 0.05) is 6.54 Å². The topological polar surface area (TPSA) is 117 Å². The second kappa shape index (κ2) is 7.51. The zero-order valence-corrected chi connectivity index (χ0v) is 13.0. The number of H-pyrrole nitrogens is 1. The molecule has 0 unspecified atom stereocenters. The molecule has 1 atom stereocenters. The van der Waals surface area contributed by atoms with E-state index >= 15 is 0 Å². The lowest BCUT2D eigenvalue weighted by Gasteiger charge is -2.12. The number of nitrogens with zero attached hydrogens (tertiary/aromatic N) is 2. The summed E-state index contributed by atoms with van der Waals surface area (Å²) in [5.74, 6) is 0.459. The highest BCUT2D eigenvalue weighted by atomic mass is 32.2. The molecule has 21 heavy (non-hydrogen) atoms. The van der Waals surface area contributed by atoms with Gasteiger partial charge in [-0.25, -0.2) is 4.98 Å². The number of amides is 1. The molecule has 0 saturated heterocycles. The summed E-state index contributed by atoms with van der Waals surface area (Å²) in [6.07, 6.45) is 0. The normalized spacial score (nSPS) is 11.5. The Hall–Kier alpha value is -2.25. The molecule has 1 heterocycles. The van der Waals surface area contributed by atoms with Crippen molar-refractivity contribution in [3.05, 3.63) is 17.2 Å². The summed E-state index contributed by atoms with van der Waals surface area (Å²) in [6.45, 7) is 6.39. The Labute approximate surface area is 128 Å². The minimum absolute atomic E-state index is 0.103. The predicted octanol–water partition coefficient (Wildman–Crippen LogP) is 1.08. The van der Waals surface area contributed by atoms with Crippen molar-refractivity contribution in [2.24, 2.45) is 5.92 Å². The third kappa shape index (κ3) is 4.66. The minimum Gasteiger partial charge on any atom is -0.355 e. The van der Waals surface area contributed by atoms with Crippen molar-refractivity contribution in [3.8, 4) is 12.1 Å². The van der Waals surface area contributed by atoms with E-state index in [4.69, 9.17) is 16.3 Å². The van der Waals surface area contributed by atoms with Crippen molar-refractivity contribution in [1.29, 1.82) is 10.5 Å². The fraction of sp³-hybridized carbons (Fsp3) is 0.429. The zero-order valence-electron chi connectivity index (χ0n) is 12.2. The maximum Gasteiger partial charge on any atom is 0.289 e. The van der Waals surface area contributed by atoms with Gasteiger partial charge in [0.15, 0.2) is 5.03 Å². The van der Waals surface area contributed by atoms with Gasteiger partial charge in [0.05, 0.1) is 5.25 Å². The molecule has 1 aromatic heterocycles. The van der Waals surface area contributed by atoms with Crippen molar-refractivity contribution in [1.82, 2.24) is 5.32 Å². The third-order valence-electron chi connectivity index (χ3n) is 2.66. The van der Waals surface area contributed by atoms with Gasteiger partial charge >= 0.3 is 0 Å². The van der Waals surface area contributed by atoms with Crippen LogP contribution in [0.15, 0.2) is 11.1 Å². The van der Waals surface area contributed by atoms with Crippen LogP contribution in [-0.2, 0) is 4.79 Å². The van der Waals surface area contributed by atoms with E-state index in [1.807, 2.05) is 26.0 Å². The number of anilines is 1. The number of nitrogens with two attached hydrogens (primary N) is 1. The van der Waals surface area contributed by atoms with Crippen LogP contribution < -0.4 is 16.0 Å². The standard InChI is InChI=1S/C14H17N5OS/c1-8(2)7-18-13(20)9(3)21-14-11(6-16)4-10(5-15)12(17)19-14/h4,8-9H,7H2,1-3H3,(H2,17,19)(H,18,20)/p+1/t9-/m1/s1. The van der Waals surface area contributed by atoms with Crippen LogP contribution in [0.3, 0.4) is 0 Å². The zero-order chi connectivity index (χ0) is 16.0. The highest BCUT2D eigenvalue weighted by Gasteiger charge is 2.21. The van der Waals surface area contributed by atoms with Gasteiger partial charge in [0.2, 0.25) is 5.91 Å². The maximum atomic E-state index is 11.9. The summed E-state index contributed by atoms with van der Waals surface area (Å²) in [4.78, 5) is 14.8. The molecule has 1 aromatic rings. The Morgan fingerprint density at radius 3 is 2.52 bits per heavy atom. The van der Waals surface area contributed by atoms with Crippen LogP contribution in [-0.4, -0.2) is 17.7 Å². The van der Waals surface area contributed by atoms with E-state index in [9.17, 15) is 4.79 Å².